The second-order valence-corrected chi connectivity index (χ2v) is 10.4. The lowest BCUT2D eigenvalue weighted by atomic mass is 9.77. The standard InChI is InChI=1S/C29H24F2N6OS/c30-22-13-9-19(10-14-22)17-21-5-4-8-25-27(21)33-37(28(25)20-11-15-23(31)16-12-20)26(38)18-39-29-32-34-35-36(29)24-6-2-1-3-7-24/h1-3,6-7,9-17,25,28H,4-5,8,18H2/b21-17+. The second kappa shape index (κ2) is 10.9. The first-order chi connectivity index (χ1) is 19.1. The van der Waals surface area contributed by atoms with Crippen LogP contribution in [0, 0.1) is 17.6 Å². The maximum Gasteiger partial charge on any atom is 0.253 e. The van der Waals surface area contributed by atoms with Gasteiger partial charge in [0, 0.05) is 5.92 Å². The lowest BCUT2D eigenvalue weighted by molar-refractivity contribution is -0.130. The minimum Gasteiger partial charge on any atom is -0.272 e. The summed E-state index contributed by atoms with van der Waals surface area (Å²) < 4.78 is 28.8. The van der Waals surface area contributed by atoms with Crippen LogP contribution in [0.2, 0.25) is 0 Å². The summed E-state index contributed by atoms with van der Waals surface area (Å²) in [5, 5.41) is 18.8. The number of thioether (sulfide) groups is 1. The number of hydrogen-bond acceptors (Lipinski definition) is 6. The summed E-state index contributed by atoms with van der Waals surface area (Å²) in [5.74, 6) is -0.773. The van der Waals surface area contributed by atoms with Crippen molar-refractivity contribution in [3.8, 4) is 5.69 Å². The monoisotopic (exact) mass is 542 g/mol. The number of hydrazone groups is 1. The van der Waals surface area contributed by atoms with Crippen LogP contribution in [-0.4, -0.2) is 42.6 Å². The number of halogens is 2. The molecular weight excluding hydrogens is 518 g/mol. The SMILES string of the molecule is O=C(CSc1nnnn1-c1ccccc1)N1N=C2/C(=C/c3ccc(F)cc3)CCCC2C1c1ccc(F)cc1. The maximum atomic E-state index is 13.8. The fourth-order valence-corrected chi connectivity index (χ4v) is 5.90. The highest BCUT2D eigenvalue weighted by atomic mass is 32.2. The predicted molar refractivity (Wildman–Crippen MR) is 145 cm³/mol. The molecule has 3 aromatic carbocycles. The molecule has 2 aliphatic rings. The van der Waals surface area contributed by atoms with Crippen molar-refractivity contribution in [2.24, 2.45) is 11.0 Å². The quantitative estimate of drug-likeness (QED) is 0.286. The van der Waals surface area contributed by atoms with Gasteiger partial charge in [0.2, 0.25) is 5.16 Å². The third-order valence-electron chi connectivity index (χ3n) is 6.95. The molecule has 0 radical (unpaired) electrons. The van der Waals surface area contributed by atoms with Crippen molar-refractivity contribution < 1.29 is 13.6 Å². The molecule has 1 aliphatic heterocycles. The fraction of sp³-hybridized carbons (Fsp3) is 0.207. The highest BCUT2D eigenvalue weighted by Gasteiger charge is 2.43. The van der Waals surface area contributed by atoms with Crippen LogP contribution in [0.25, 0.3) is 11.8 Å². The van der Waals surface area contributed by atoms with Gasteiger partial charge in [0.15, 0.2) is 0 Å². The first-order valence-corrected chi connectivity index (χ1v) is 13.6. The van der Waals surface area contributed by atoms with Crippen LogP contribution in [0.15, 0.2) is 94.7 Å². The number of nitrogens with zero attached hydrogens (tertiary/aromatic N) is 6. The van der Waals surface area contributed by atoms with E-state index in [0.717, 1.165) is 47.4 Å². The first-order valence-electron chi connectivity index (χ1n) is 12.7. The van der Waals surface area contributed by atoms with Gasteiger partial charge in [0.1, 0.15) is 11.6 Å². The number of tetrazole rings is 1. The molecule has 0 saturated heterocycles. The average molecular weight is 543 g/mol. The summed E-state index contributed by atoms with van der Waals surface area (Å²) in [7, 11) is 0. The molecule has 2 atom stereocenters. The number of amides is 1. The van der Waals surface area contributed by atoms with Gasteiger partial charge in [0.05, 0.1) is 23.2 Å². The van der Waals surface area contributed by atoms with Gasteiger partial charge in [-0.15, -0.1) is 5.10 Å². The highest BCUT2D eigenvalue weighted by molar-refractivity contribution is 7.99. The molecule has 196 valence electrons. The van der Waals surface area contributed by atoms with Crippen molar-refractivity contribution in [3.05, 3.63) is 107 Å². The summed E-state index contributed by atoms with van der Waals surface area (Å²) >= 11 is 1.24. The van der Waals surface area contributed by atoms with Gasteiger partial charge in [-0.05, 0) is 88.9 Å². The van der Waals surface area contributed by atoms with Crippen LogP contribution in [0.4, 0.5) is 8.78 Å². The molecular formula is C29H24F2N6OS. The van der Waals surface area contributed by atoms with Crippen LogP contribution < -0.4 is 0 Å². The number of benzene rings is 3. The number of carbonyl (C=O) groups is 1. The van der Waals surface area contributed by atoms with E-state index in [1.807, 2.05) is 36.4 Å². The molecule has 2 unspecified atom stereocenters. The maximum absolute atomic E-state index is 13.8. The Labute approximate surface area is 228 Å². The van der Waals surface area contributed by atoms with Crippen LogP contribution in [0.3, 0.4) is 0 Å². The Morgan fingerprint density at radius 2 is 1.69 bits per heavy atom. The van der Waals surface area contributed by atoms with Gasteiger partial charge in [-0.1, -0.05) is 54.2 Å². The molecule has 10 heteroatoms. The molecule has 2 heterocycles. The van der Waals surface area contributed by atoms with E-state index >= 15 is 0 Å². The molecule has 4 aromatic rings. The zero-order valence-corrected chi connectivity index (χ0v) is 21.6. The Morgan fingerprint density at radius 3 is 2.44 bits per heavy atom. The number of hydrogen-bond donors (Lipinski definition) is 0. The van der Waals surface area contributed by atoms with Crippen LogP contribution >= 0.6 is 11.8 Å². The molecule has 1 fully saturated rings. The van der Waals surface area contributed by atoms with Crippen LogP contribution in [-0.2, 0) is 4.79 Å². The van der Waals surface area contributed by atoms with E-state index in [1.165, 1.54) is 36.0 Å². The van der Waals surface area contributed by atoms with E-state index in [-0.39, 0.29) is 35.3 Å². The zero-order valence-electron chi connectivity index (χ0n) is 20.8. The number of fused-ring (bicyclic) bond motifs is 1. The van der Waals surface area contributed by atoms with Crippen molar-refractivity contribution >= 4 is 29.5 Å². The first kappa shape index (κ1) is 25.1. The van der Waals surface area contributed by atoms with E-state index in [9.17, 15) is 13.6 Å². The Bertz CT molecular complexity index is 1540. The van der Waals surface area contributed by atoms with Crippen LogP contribution in [0.1, 0.15) is 36.4 Å². The summed E-state index contributed by atoms with van der Waals surface area (Å²) in [5.41, 5.74) is 4.38. The smallest absolute Gasteiger partial charge is 0.253 e. The molecule has 7 nitrogen and oxygen atoms in total. The van der Waals surface area contributed by atoms with E-state index in [2.05, 4.69) is 15.5 Å². The normalized spacial score (nSPS) is 19.7. The minimum absolute atomic E-state index is 0.0282. The highest BCUT2D eigenvalue weighted by Crippen LogP contribution is 2.44. The molecule has 39 heavy (non-hydrogen) atoms. The Balaban J connectivity index is 1.30. The average Bonchev–Trinajstić information content (AvgIpc) is 3.60. The number of carbonyl (C=O) groups excluding carboxylic acids is 1. The van der Waals surface area contributed by atoms with Crippen LogP contribution in [0.5, 0.6) is 0 Å². The van der Waals surface area contributed by atoms with Crippen molar-refractivity contribution in [1.29, 1.82) is 0 Å². The van der Waals surface area contributed by atoms with Gasteiger partial charge >= 0.3 is 0 Å². The molecule has 1 saturated carbocycles. The fourth-order valence-electron chi connectivity index (χ4n) is 5.15. The van der Waals surface area contributed by atoms with E-state index in [0.29, 0.717) is 5.16 Å². The summed E-state index contributed by atoms with van der Waals surface area (Å²) in [6.45, 7) is 0. The lowest BCUT2D eigenvalue weighted by Crippen LogP contribution is -2.33. The predicted octanol–water partition coefficient (Wildman–Crippen LogP) is 5.86. The molecule has 0 bridgehead atoms. The molecule has 1 aliphatic carbocycles. The van der Waals surface area contributed by atoms with Gasteiger partial charge in [0.25, 0.3) is 5.91 Å². The topological polar surface area (TPSA) is 76.3 Å². The Morgan fingerprint density at radius 1 is 0.974 bits per heavy atom. The third kappa shape index (κ3) is 5.24. The molecule has 1 amide bonds. The third-order valence-corrected chi connectivity index (χ3v) is 7.85. The number of aromatic nitrogens is 4. The lowest BCUT2D eigenvalue weighted by Gasteiger charge is -2.29. The Hall–Kier alpha value is -4.18. The second-order valence-electron chi connectivity index (χ2n) is 9.44. The number of para-hydroxylation sites is 1. The minimum atomic E-state index is -0.351. The Kier molecular flexibility index (Phi) is 7.02. The van der Waals surface area contributed by atoms with Crippen molar-refractivity contribution in [1.82, 2.24) is 25.2 Å². The van der Waals surface area contributed by atoms with Gasteiger partial charge in [-0.2, -0.15) is 9.78 Å². The van der Waals surface area contributed by atoms with Gasteiger partial charge in [-0.25, -0.2) is 13.8 Å². The van der Waals surface area contributed by atoms with E-state index in [1.54, 1.807) is 34.0 Å². The van der Waals surface area contributed by atoms with Crippen molar-refractivity contribution in [2.45, 2.75) is 30.5 Å². The number of allylic oxidation sites excluding steroid dienone is 1. The molecule has 1 aromatic heterocycles. The summed E-state index contributed by atoms with van der Waals surface area (Å²) in [4.78, 5) is 13.7. The van der Waals surface area contributed by atoms with Crippen molar-refractivity contribution in [2.75, 3.05) is 5.75 Å². The molecule has 0 spiro atoms. The summed E-state index contributed by atoms with van der Waals surface area (Å²) in [6, 6.07) is 21.7. The van der Waals surface area contributed by atoms with E-state index in [4.69, 9.17) is 5.10 Å². The van der Waals surface area contributed by atoms with Gasteiger partial charge in [-0.3, -0.25) is 4.79 Å². The molecule has 6 rings (SSSR count). The largest absolute Gasteiger partial charge is 0.272 e. The van der Waals surface area contributed by atoms with E-state index < -0.39 is 0 Å². The van der Waals surface area contributed by atoms with Gasteiger partial charge < -0.3 is 0 Å². The summed E-state index contributed by atoms with van der Waals surface area (Å²) in [6.07, 6.45) is 4.61. The number of rotatable bonds is 6. The zero-order chi connectivity index (χ0) is 26.8. The van der Waals surface area contributed by atoms with Crippen molar-refractivity contribution in [3.63, 3.8) is 0 Å². The molecule has 0 N–H and O–H groups in total.